The molecule has 1 aromatic heterocycles. The van der Waals surface area contributed by atoms with Crippen molar-refractivity contribution in [2.24, 2.45) is 0 Å². The molecule has 0 bridgehead atoms. The molecule has 0 spiro atoms. The van der Waals surface area contributed by atoms with E-state index in [0.717, 1.165) is 37.6 Å². The van der Waals surface area contributed by atoms with Crippen molar-refractivity contribution in [1.82, 2.24) is 15.1 Å². The normalized spacial score (nSPS) is 15.4. The number of nitrogens with zero attached hydrogens (tertiary/aromatic N) is 3. The Balaban J connectivity index is 1.59. The van der Waals surface area contributed by atoms with Crippen LogP contribution in [0.5, 0.6) is 0 Å². The molecule has 1 aliphatic rings. The van der Waals surface area contributed by atoms with E-state index in [1.165, 1.54) is 27.9 Å². The van der Waals surface area contributed by atoms with E-state index in [1.807, 2.05) is 0 Å². The second kappa shape index (κ2) is 6.96. The number of H-pyrrole nitrogens is 1. The molecule has 26 heavy (non-hydrogen) atoms. The Morgan fingerprint density at radius 2 is 1.54 bits per heavy atom. The van der Waals surface area contributed by atoms with Crippen LogP contribution in [-0.4, -0.2) is 48.3 Å². The van der Waals surface area contributed by atoms with E-state index in [2.05, 4.69) is 89.4 Å². The van der Waals surface area contributed by atoms with Gasteiger partial charge in [0.05, 0.1) is 5.69 Å². The van der Waals surface area contributed by atoms with Gasteiger partial charge in [0.2, 0.25) is 0 Å². The first-order valence-corrected chi connectivity index (χ1v) is 9.28. The Kier molecular flexibility index (Phi) is 4.51. The van der Waals surface area contributed by atoms with Gasteiger partial charge in [0.1, 0.15) is 0 Å². The number of anilines is 1. The predicted octanol–water partition coefficient (Wildman–Crippen LogP) is 4.11. The molecule has 1 saturated heterocycles. The van der Waals surface area contributed by atoms with E-state index in [4.69, 9.17) is 0 Å². The summed E-state index contributed by atoms with van der Waals surface area (Å²) in [5, 5.41) is 7.41. The quantitative estimate of drug-likeness (QED) is 0.775. The zero-order valence-electron chi connectivity index (χ0n) is 15.8. The standard InChI is InChI=1S/C22H26N4/c1-16-22(17(2)24-23-16)20-6-4-5-19(15-20)18-7-9-21(10-8-18)26-13-11-25(3)12-14-26/h4-10,15H,11-14H2,1-3H3,(H,23,24). The number of likely N-dealkylation sites (N-methyl/N-ethyl adjacent to an activating group) is 1. The van der Waals surface area contributed by atoms with Gasteiger partial charge < -0.3 is 9.80 Å². The molecule has 2 heterocycles. The first-order valence-electron chi connectivity index (χ1n) is 9.28. The van der Waals surface area contributed by atoms with Crippen molar-refractivity contribution in [3.63, 3.8) is 0 Å². The monoisotopic (exact) mass is 346 g/mol. The van der Waals surface area contributed by atoms with Crippen LogP contribution in [0.3, 0.4) is 0 Å². The zero-order valence-corrected chi connectivity index (χ0v) is 15.8. The maximum absolute atomic E-state index is 4.33. The van der Waals surface area contributed by atoms with Crippen LogP contribution < -0.4 is 4.90 Å². The Bertz CT molecular complexity index is 867. The summed E-state index contributed by atoms with van der Waals surface area (Å²) in [5.41, 5.74) is 8.40. The third-order valence-corrected chi connectivity index (χ3v) is 5.35. The Morgan fingerprint density at radius 1 is 0.846 bits per heavy atom. The lowest BCUT2D eigenvalue weighted by molar-refractivity contribution is 0.313. The molecule has 134 valence electrons. The minimum Gasteiger partial charge on any atom is -0.369 e. The molecule has 2 aromatic carbocycles. The first-order chi connectivity index (χ1) is 12.6. The number of nitrogens with one attached hydrogen (secondary N) is 1. The van der Waals surface area contributed by atoms with Gasteiger partial charge in [0.15, 0.2) is 0 Å². The summed E-state index contributed by atoms with van der Waals surface area (Å²) in [6.45, 7) is 8.60. The number of piperazine rings is 1. The predicted molar refractivity (Wildman–Crippen MR) is 109 cm³/mol. The highest BCUT2D eigenvalue weighted by Gasteiger charge is 2.14. The van der Waals surface area contributed by atoms with Crippen molar-refractivity contribution < 1.29 is 0 Å². The highest BCUT2D eigenvalue weighted by atomic mass is 15.2. The molecule has 0 amide bonds. The van der Waals surface area contributed by atoms with E-state index >= 15 is 0 Å². The lowest BCUT2D eigenvalue weighted by Gasteiger charge is -2.34. The summed E-state index contributed by atoms with van der Waals surface area (Å²) in [4.78, 5) is 4.86. The van der Waals surface area contributed by atoms with Gasteiger partial charge in [-0.3, -0.25) is 5.10 Å². The molecule has 3 aromatic rings. The first kappa shape index (κ1) is 16.9. The van der Waals surface area contributed by atoms with E-state index < -0.39 is 0 Å². The summed E-state index contributed by atoms with van der Waals surface area (Å²) in [5.74, 6) is 0. The molecule has 1 N–H and O–H groups in total. The number of aryl methyl sites for hydroxylation is 2. The fourth-order valence-corrected chi connectivity index (χ4v) is 3.76. The van der Waals surface area contributed by atoms with Crippen molar-refractivity contribution >= 4 is 5.69 Å². The van der Waals surface area contributed by atoms with Gasteiger partial charge in [-0.05, 0) is 55.8 Å². The molecule has 1 aliphatic heterocycles. The summed E-state index contributed by atoms with van der Waals surface area (Å²) in [6, 6.07) is 17.7. The maximum Gasteiger partial charge on any atom is 0.0672 e. The SMILES string of the molecule is Cc1n[nH]c(C)c1-c1cccc(-c2ccc(N3CCN(C)CC3)cc2)c1. The van der Waals surface area contributed by atoms with Crippen LogP contribution in [0, 0.1) is 13.8 Å². The molecule has 1 fully saturated rings. The van der Waals surface area contributed by atoms with Gasteiger partial charge in [-0.15, -0.1) is 0 Å². The second-order valence-corrected chi connectivity index (χ2v) is 7.23. The molecular formula is C22H26N4. The highest BCUT2D eigenvalue weighted by Crippen LogP contribution is 2.30. The zero-order chi connectivity index (χ0) is 18.1. The Labute approximate surface area is 155 Å². The van der Waals surface area contributed by atoms with Crippen LogP contribution in [-0.2, 0) is 0 Å². The van der Waals surface area contributed by atoms with Gasteiger partial charge >= 0.3 is 0 Å². The van der Waals surface area contributed by atoms with Gasteiger partial charge in [0.25, 0.3) is 0 Å². The number of rotatable bonds is 3. The van der Waals surface area contributed by atoms with Crippen molar-refractivity contribution in [3.8, 4) is 22.3 Å². The lowest BCUT2D eigenvalue weighted by atomic mass is 9.98. The third kappa shape index (κ3) is 3.25. The minimum absolute atomic E-state index is 1.05. The van der Waals surface area contributed by atoms with Gasteiger partial charge in [-0.1, -0.05) is 30.3 Å². The Hall–Kier alpha value is -2.59. The second-order valence-electron chi connectivity index (χ2n) is 7.23. The molecule has 0 radical (unpaired) electrons. The van der Waals surface area contributed by atoms with Gasteiger partial charge in [-0.25, -0.2) is 0 Å². The van der Waals surface area contributed by atoms with Crippen molar-refractivity contribution in [2.75, 3.05) is 38.1 Å². The minimum atomic E-state index is 1.05. The molecule has 0 saturated carbocycles. The number of aromatic nitrogens is 2. The average Bonchev–Trinajstić information content (AvgIpc) is 3.01. The molecule has 4 rings (SSSR count). The molecular weight excluding hydrogens is 320 g/mol. The Morgan fingerprint density at radius 3 is 2.19 bits per heavy atom. The largest absolute Gasteiger partial charge is 0.369 e. The van der Waals surface area contributed by atoms with Gasteiger partial charge in [0, 0.05) is 43.1 Å². The number of hydrogen-bond acceptors (Lipinski definition) is 3. The fraction of sp³-hybridized carbons (Fsp3) is 0.318. The number of benzene rings is 2. The number of aromatic amines is 1. The van der Waals surface area contributed by atoms with Crippen LogP contribution in [0.1, 0.15) is 11.4 Å². The van der Waals surface area contributed by atoms with Crippen molar-refractivity contribution in [3.05, 3.63) is 59.9 Å². The van der Waals surface area contributed by atoms with E-state index in [9.17, 15) is 0 Å². The van der Waals surface area contributed by atoms with E-state index in [0.29, 0.717) is 0 Å². The summed E-state index contributed by atoms with van der Waals surface area (Å²) in [6.07, 6.45) is 0. The smallest absolute Gasteiger partial charge is 0.0672 e. The van der Waals surface area contributed by atoms with Crippen LogP contribution >= 0.6 is 0 Å². The molecule has 0 atom stereocenters. The highest BCUT2D eigenvalue weighted by molar-refractivity contribution is 5.76. The van der Waals surface area contributed by atoms with Crippen molar-refractivity contribution in [1.29, 1.82) is 0 Å². The van der Waals surface area contributed by atoms with Gasteiger partial charge in [-0.2, -0.15) is 5.10 Å². The lowest BCUT2D eigenvalue weighted by Crippen LogP contribution is -2.44. The molecule has 0 unspecified atom stereocenters. The molecule has 4 nitrogen and oxygen atoms in total. The van der Waals surface area contributed by atoms with E-state index in [1.54, 1.807) is 0 Å². The average molecular weight is 346 g/mol. The van der Waals surface area contributed by atoms with Crippen LogP contribution in [0.15, 0.2) is 48.5 Å². The summed E-state index contributed by atoms with van der Waals surface area (Å²) >= 11 is 0. The van der Waals surface area contributed by atoms with Crippen LogP contribution in [0.4, 0.5) is 5.69 Å². The topological polar surface area (TPSA) is 35.2 Å². The van der Waals surface area contributed by atoms with Crippen LogP contribution in [0.2, 0.25) is 0 Å². The molecule has 4 heteroatoms. The summed E-state index contributed by atoms with van der Waals surface area (Å²) in [7, 11) is 2.19. The van der Waals surface area contributed by atoms with Crippen LogP contribution in [0.25, 0.3) is 22.3 Å². The van der Waals surface area contributed by atoms with Crippen molar-refractivity contribution in [2.45, 2.75) is 13.8 Å². The summed E-state index contributed by atoms with van der Waals surface area (Å²) < 4.78 is 0. The number of hydrogen-bond donors (Lipinski definition) is 1. The fourth-order valence-electron chi connectivity index (χ4n) is 3.76. The molecule has 0 aliphatic carbocycles. The van der Waals surface area contributed by atoms with E-state index in [-0.39, 0.29) is 0 Å². The maximum atomic E-state index is 4.33. The third-order valence-electron chi connectivity index (χ3n) is 5.35.